The van der Waals surface area contributed by atoms with Gasteiger partial charge in [0, 0.05) is 32.1 Å². The number of carbonyl (C=O) groups excluding carboxylic acids is 2. The summed E-state index contributed by atoms with van der Waals surface area (Å²) in [6.07, 6.45) is 4.83. The molecular weight excluding hydrogens is 340 g/mol. The van der Waals surface area contributed by atoms with E-state index >= 15 is 0 Å². The normalized spacial score (nSPS) is 18.1. The molecule has 148 valence electrons. The van der Waals surface area contributed by atoms with Gasteiger partial charge >= 0.3 is 0 Å². The maximum Gasteiger partial charge on any atom is 0.227 e. The third-order valence-corrected chi connectivity index (χ3v) is 6.33. The summed E-state index contributed by atoms with van der Waals surface area (Å²) in [6, 6.07) is 2.07. The molecule has 1 aliphatic heterocycles. The summed E-state index contributed by atoms with van der Waals surface area (Å²) >= 11 is 0. The molecule has 1 saturated heterocycles. The van der Waals surface area contributed by atoms with Crippen molar-refractivity contribution >= 4 is 11.8 Å². The minimum atomic E-state index is 0.148. The predicted molar refractivity (Wildman–Crippen MR) is 106 cm³/mol. The molecule has 27 heavy (non-hydrogen) atoms. The third kappa shape index (κ3) is 4.12. The Kier molecular flexibility index (Phi) is 6.08. The van der Waals surface area contributed by atoms with E-state index in [4.69, 9.17) is 4.74 Å². The molecule has 0 N–H and O–H groups in total. The van der Waals surface area contributed by atoms with Crippen molar-refractivity contribution in [2.75, 3.05) is 33.3 Å². The van der Waals surface area contributed by atoms with Crippen LogP contribution < -0.4 is 4.74 Å². The molecule has 0 aromatic heterocycles. The first-order valence-electron chi connectivity index (χ1n) is 10.1. The average Bonchev–Trinajstić information content (AvgIpc) is 3.20. The van der Waals surface area contributed by atoms with E-state index in [-0.39, 0.29) is 11.8 Å². The van der Waals surface area contributed by atoms with Crippen LogP contribution in [0.2, 0.25) is 0 Å². The molecule has 1 saturated carbocycles. The molecule has 2 aliphatic rings. The maximum atomic E-state index is 12.8. The summed E-state index contributed by atoms with van der Waals surface area (Å²) in [4.78, 5) is 29.3. The van der Waals surface area contributed by atoms with E-state index in [0.29, 0.717) is 38.5 Å². The lowest BCUT2D eigenvalue weighted by Gasteiger charge is -2.36. The van der Waals surface area contributed by atoms with Gasteiger partial charge in [-0.15, -0.1) is 0 Å². The zero-order valence-corrected chi connectivity index (χ0v) is 17.1. The van der Waals surface area contributed by atoms with Gasteiger partial charge in [0.25, 0.3) is 0 Å². The van der Waals surface area contributed by atoms with E-state index in [1.54, 1.807) is 7.11 Å². The van der Waals surface area contributed by atoms with E-state index in [0.717, 1.165) is 40.8 Å². The van der Waals surface area contributed by atoms with Crippen LogP contribution in [-0.2, 0) is 16.0 Å². The van der Waals surface area contributed by atoms with Crippen LogP contribution >= 0.6 is 0 Å². The number of aryl methyl sites for hydroxylation is 1. The molecule has 1 aromatic rings. The lowest BCUT2D eigenvalue weighted by Crippen LogP contribution is -2.52. The highest BCUT2D eigenvalue weighted by atomic mass is 16.5. The number of piperazine rings is 1. The van der Waals surface area contributed by atoms with Crippen LogP contribution in [0.25, 0.3) is 0 Å². The number of amides is 2. The van der Waals surface area contributed by atoms with Crippen LogP contribution in [0, 0.1) is 26.7 Å². The Hall–Kier alpha value is -2.04. The van der Waals surface area contributed by atoms with Crippen LogP contribution in [0.3, 0.4) is 0 Å². The highest BCUT2D eigenvalue weighted by Gasteiger charge is 2.30. The van der Waals surface area contributed by atoms with Gasteiger partial charge in [-0.1, -0.05) is 18.9 Å². The van der Waals surface area contributed by atoms with Crippen molar-refractivity contribution in [3.8, 4) is 5.75 Å². The molecule has 3 rings (SSSR count). The van der Waals surface area contributed by atoms with Gasteiger partial charge < -0.3 is 14.5 Å². The van der Waals surface area contributed by atoms with Crippen molar-refractivity contribution in [2.45, 2.75) is 52.9 Å². The minimum absolute atomic E-state index is 0.148. The van der Waals surface area contributed by atoms with Crippen LogP contribution in [0.5, 0.6) is 5.75 Å². The Morgan fingerprint density at radius 1 is 1.00 bits per heavy atom. The summed E-state index contributed by atoms with van der Waals surface area (Å²) < 4.78 is 5.48. The van der Waals surface area contributed by atoms with E-state index in [1.165, 1.54) is 12.8 Å². The molecule has 0 radical (unpaired) electrons. The van der Waals surface area contributed by atoms with E-state index in [2.05, 4.69) is 13.0 Å². The summed E-state index contributed by atoms with van der Waals surface area (Å²) in [6.45, 7) is 8.74. The second-order valence-corrected chi connectivity index (χ2v) is 8.00. The monoisotopic (exact) mass is 372 g/mol. The number of methoxy groups -OCH3 is 1. The fraction of sp³-hybridized carbons (Fsp3) is 0.636. The first kappa shape index (κ1) is 19.7. The highest BCUT2D eigenvalue weighted by Crippen LogP contribution is 2.29. The second kappa shape index (κ2) is 8.32. The highest BCUT2D eigenvalue weighted by molar-refractivity contribution is 5.81. The third-order valence-electron chi connectivity index (χ3n) is 6.33. The summed E-state index contributed by atoms with van der Waals surface area (Å²) in [5.41, 5.74) is 4.36. The van der Waals surface area contributed by atoms with Crippen LogP contribution in [-0.4, -0.2) is 54.9 Å². The van der Waals surface area contributed by atoms with Gasteiger partial charge in [-0.3, -0.25) is 9.59 Å². The number of hydrogen-bond donors (Lipinski definition) is 0. The fourth-order valence-corrected chi connectivity index (χ4v) is 4.52. The zero-order chi connectivity index (χ0) is 19.6. The molecule has 2 amide bonds. The lowest BCUT2D eigenvalue weighted by molar-refractivity contribution is -0.141. The van der Waals surface area contributed by atoms with Crippen molar-refractivity contribution in [2.24, 2.45) is 5.92 Å². The lowest BCUT2D eigenvalue weighted by atomic mass is 9.96. The molecule has 5 heteroatoms. The second-order valence-electron chi connectivity index (χ2n) is 8.00. The molecule has 5 nitrogen and oxygen atoms in total. The summed E-state index contributed by atoms with van der Waals surface area (Å²) in [5.74, 6) is 1.58. The van der Waals surface area contributed by atoms with Crippen molar-refractivity contribution in [1.29, 1.82) is 0 Å². The quantitative estimate of drug-likeness (QED) is 0.816. The zero-order valence-electron chi connectivity index (χ0n) is 17.1. The van der Waals surface area contributed by atoms with Crippen LogP contribution in [0.1, 0.15) is 47.9 Å². The van der Waals surface area contributed by atoms with E-state index in [9.17, 15) is 9.59 Å². The van der Waals surface area contributed by atoms with Gasteiger partial charge in [-0.05, 0) is 55.9 Å². The van der Waals surface area contributed by atoms with Crippen molar-refractivity contribution in [3.63, 3.8) is 0 Å². The SMILES string of the molecule is COc1c(C)cc(CC(=O)N2CCN(C(=O)C3CCCC3)CC2)c(C)c1C. The minimum Gasteiger partial charge on any atom is -0.496 e. The van der Waals surface area contributed by atoms with Crippen molar-refractivity contribution in [1.82, 2.24) is 9.80 Å². The average molecular weight is 373 g/mol. The Balaban J connectivity index is 1.59. The molecule has 0 spiro atoms. The number of rotatable bonds is 4. The standard InChI is InChI=1S/C22H32N2O3/c1-15-13-19(16(2)17(3)21(15)27-4)14-20(25)23-9-11-24(12-10-23)22(26)18-7-5-6-8-18/h13,18H,5-12,14H2,1-4H3. The molecule has 2 fully saturated rings. The summed E-state index contributed by atoms with van der Waals surface area (Å²) in [7, 11) is 1.69. The Labute approximate surface area is 162 Å². The molecule has 1 aliphatic carbocycles. The predicted octanol–water partition coefficient (Wildman–Crippen LogP) is 3.02. The Bertz CT molecular complexity index is 715. The van der Waals surface area contributed by atoms with E-state index < -0.39 is 0 Å². The number of nitrogens with zero attached hydrogens (tertiary/aromatic N) is 2. The maximum absolute atomic E-state index is 12.8. The molecule has 0 unspecified atom stereocenters. The van der Waals surface area contributed by atoms with Gasteiger partial charge in [-0.2, -0.15) is 0 Å². The smallest absolute Gasteiger partial charge is 0.227 e. The topological polar surface area (TPSA) is 49.9 Å². The van der Waals surface area contributed by atoms with Crippen LogP contribution in [0.4, 0.5) is 0 Å². The van der Waals surface area contributed by atoms with Gasteiger partial charge in [0.05, 0.1) is 13.5 Å². The first-order valence-corrected chi connectivity index (χ1v) is 10.1. The first-order chi connectivity index (χ1) is 12.9. The molecule has 0 bridgehead atoms. The number of ether oxygens (including phenoxy) is 1. The molecule has 1 aromatic carbocycles. The molecule has 0 atom stereocenters. The van der Waals surface area contributed by atoms with E-state index in [1.807, 2.05) is 23.6 Å². The van der Waals surface area contributed by atoms with Crippen molar-refractivity contribution in [3.05, 3.63) is 28.3 Å². The number of carbonyl (C=O) groups is 2. The van der Waals surface area contributed by atoms with Gasteiger partial charge in [0.2, 0.25) is 11.8 Å². The van der Waals surface area contributed by atoms with Crippen LogP contribution in [0.15, 0.2) is 6.07 Å². The molecule has 1 heterocycles. The summed E-state index contributed by atoms with van der Waals surface area (Å²) in [5, 5.41) is 0. The van der Waals surface area contributed by atoms with Gasteiger partial charge in [-0.25, -0.2) is 0 Å². The largest absolute Gasteiger partial charge is 0.496 e. The van der Waals surface area contributed by atoms with Crippen molar-refractivity contribution < 1.29 is 14.3 Å². The molecular formula is C22H32N2O3. The number of hydrogen-bond acceptors (Lipinski definition) is 3. The fourth-order valence-electron chi connectivity index (χ4n) is 4.52. The Morgan fingerprint density at radius 3 is 2.19 bits per heavy atom. The Morgan fingerprint density at radius 2 is 1.59 bits per heavy atom. The van der Waals surface area contributed by atoms with Gasteiger partial charge in [0.15, 0.2) is 0 Å². The number of benzene rings is 1. The van der Waals surface area contributed by atoms with Gasteiger partial charge in [0.1, 0.15) is 5.75 Å².